The first kappa shape index (κ1) is 19.2. The maximum Gasteiger partial charge on any atom is 0.438 e. The Balaban J connectivity index is 2.33. The van der Waals surface area contributed by atoms with Crippen molar-refractivity contribution in [3.8, 4) is 0 Å². The van der Waals surface area contributed by atoms with Crippen LogP contribution in [0.15, 0.2) is 23.3 Å². The average molecular weight is 400 g/mol. The molecule has 0 radical (unpaired) electrons. The van der Waals surface area contributed by atoms with E-state index in [2.05, 4.69) is 10.4 Å². The molecule has 0 fully saturated rings. The summed E-state index contributed by atoms with van der Waals surface area (Å²) in [4.78, 5) is 0. The SMILES string of the molecule is CC(C)C1=NN(C(=S)Nc2ccc(Cl)cc2Cl)C(O)(C(F)(F)F)C1. The standard InChI is InChI=1S/C14H14Cl2F3N3OS/c1-7(2)11-6-13(23,14(17,18)19)22(21-11)12(24)20-10-4-3-8(15)5-9(10)16/h3-5,7,23H,6H2,1-2H3,(H,20,24). The van der Waals surface area contributed by atoms with Gasteiger partial charge in [0.1, 0.15) is 0 Å². The third-order valence-corrected chi connectivity index (χ3v) is 4.31. The quantitative estimate of drug-likeness (QED) is 0.710. The Morgan fingerprint density at radius 3 is 2.54 bits per heavy atom. The molecule has 1 aromatic carbocycles. The Labute approximate surface area is 152 Å². The average Bonchev–Trinajstić information content (AvgIpc) is 2.81. The number of alkyl halides is 3. The van der Waals surface area contributed by atoms with Crippen LogP contribution in [0.3, 0.4) is 0 Å². The first-order valence-electron chi connectivity index (χ1n) is 6.88. The highest BCUT2D eigenvalue weighted by Gasteiger charge is 2.62. The fourth-order valence-electron chi connectivity index (χ4n) is 2.09. The van der Waals surface area contributed by atoms with Gasteiger partial charge in [-0.25, -0.2) is 0 Å². The Bertz CT molecular complexity index is 696. The number of halogens is 5. The van der Waals surface area contributed by atoms with Crippen LogP contribution in [-0.2, 0) is 0 Å². The molecule has 1 atom stereocenters. The molecule has 1 unspecified atom stereocenters. The van der Waals surface area contributed by atoms with E-state index in [1.165, 1.54) is 18.2 Å². The fourth-order valence-corrected chi connectivity index (χ4v) is 2.84. The largest absolute Gasteiger partial charge is 0.438 e. The monoisotopic (exact) mass is 399 g/mol. The predicted molar refractivity (Wildman–Crippen MR) is 92.4 cm³/mol. The molecule has 1 aliphatic heterocycles. The van der Waals surface area contributed by atoms with Crippen molar-refractivity contribution in [2.24, 2.45) is 11.0 Å². The maximum atomic E-state index is 13.4. The van der Waals surface area contributed by atoms with Gasteiger partial charge < -0.3 is 10.4 Å². The predicted octanol–water partition coefficient (Wildman–Crippen LogP) is 4.66. The van der Waals surface area contributed by atoms with Crippen LogP contribution in [0.5, 0.6) is 0 Å². The van der Waals surface area contributed by atoms with Crippen LogP contribution in [0.25, 0.3) is 0 Å². The van der Waals surface area contributed by atoms with Crippen LogP contribution < -0.4 is 5.32 Å². The van der Waals surface area contributed by atoms with Gasteiger partial charge in [-0.15, -0.1) is 0 Å². The van der Waals surface area contributed by atoms with Gasteiger partial charge in [0.2, 0.25) is 0 Å². The number of nitrogens with one attached hydrogen (secondary N) is 1. The second-order valence-corrected chi connectivity index (χ2v) is 6.83. The van der Waals surface area contributed by atoms with E-state index in [1.54, 1.807) is 13.8 Å². The summed E-state index contributed by atoms with van der Waals surface area (Å²) in [7, 11) is 0. The lowest BCUT2D eigenvalue weighted by molar-refractivity contribution is -0.294. The molecule has 0 aromatic heterocycles. The summed E-state index contributed by atoms with van der Waals surface area (Å²) in [5.41, 5.74) is -2.75. The van der Waals surface area contributed by atoms with Crippen LogP contribution in [0.1, 0.15) is 20.3 Å². The summed E-state index contributed by atoms with van der Waals surface area (Å²) in [6.07, 6.45) is -5.62. The van der Waals surface area contributed by atoms with Gasteiger partial charge in [0, 0.05) is 17.2 Å². The van der Waals surface area contributed by atoms with Crippen molar-refractivity contribution < 1.29 is 18.3 Å². The third-order valence-electron chi connectivity index (χ3n) is 3.49. The van der Waals surface area contributed by atoms with Gasteiger partial charge in [0.15, 0.2) is 5.11 Å². The Morgan fingerprint density at radius 1 is 1.42 bits per heavy atom. The highest BCUT2D eigenvalue weighted by Crippen LogP contribution is 2.41. The zero-order chi connectivity index (χ0) is 18.3. The van der Waals surface area contributed by atoms with Gasteiger partial charge in [-0.05, 0) is 36.3 Å². The molecule has 1 heterocycles. The van der Waals surface area contributed by atoms with E-state index in [0.29, 0.717) is 10.0 Å². The zero-order valence-corrected chi connectivity index (χ0v) is 15.0. The number of rotatable bonds is 2. The van der Waals surface area contributed by atoms with Gasteiger partial charge in [0.05, 0.1) is 10.7 Å². The summed E-state index contributed by atoms with van der Waals surface area (Å²) in [6.45, 7) is 3.37. The highest BCUT2D eigenvalue weighted by atomic mass is 35.5. The molecule has 0 saturated heterocycles. The van der Waals surface area contributed by atoms with Crippen LogP contribution in [0.2, 0.25) is 10.0 Å². The number of benzene rings is 1. The van der Waals surface area contributed by atoms with E-state index in [1.807, 2.05) is 0 Å². The lowest BCUT2D eigenvalue weighted by Gasteiger charge is -2.34. The number of hydrogen-bond acceptors (Lipinski definition) is 3. The number of hydrazone groups is 1. The molecular weight excluding hydrogens is 386 g/mol. The second-order valence-electron chi connectivity index (χ2n) is 5.60. The van der Waals surface area contributed by atoms with E-state index in [4.69, 9.17) is 35.4 Å². The molecule has 0 aliphatic carbocycles. The molecule has 0 bridgehead atoms. The van der Waals surface area contributed by atoms with Crippen molar-refractivity contribution in [3.63, 3.8) is 0 Å². The van der Waals surface area contributed by atoms with Crippen molar-refractivity contribution in [3.05, 3.63) is 28.2 Å². The Hall–Kier alpha value is -1.09. The molecule has 1 aromatic rings. The summed E-state index contributed by atoms with van der Waals surface area (Å²) >= 11 is 16.8. The van der Waals surface area contributed by atoms with Crippen molar-refractivity contribution >= 4 is 51.9 Å². The van der Waals surface area contributed by atoms with Crippen molar-refractivity contribution in [2.75, 3.05) is 5.32 Å². The molecule has 2 rings (SSSR count). The van der Waals surface area contributed by atoms with E-state index in [9.17, 15) is 18.3 Å². The molecular formula is C14H14Cl2F3N3OS. The number of hydrogen-bond donors (Lipinski definition) is 2. The molecule has 1 aliphatic rings. The molecule has 0 spiro atoms. The van der Waals surface area contributed by atoms with Gasteiger partial charge in [-0.3, -0.25) is 0 Å². The van der Waals surface area contributed by atoms with E-state index < -0.39 is 23.4 Å². The summed E-state index contributed by atoms with van der Waals surface area (Å²) in [5, 5.41) is 17.1. The van der Waals surface area contributed by atoms with Gasteiger partial charge >= 0.3 is 6.18 Å². The molecule has 132 valence electrons. The minimum atomic E-state index is -4.94. The van der Waals surface area contributed by atoms with E-state index in [0.717, 1.165) is 0 Å². The number of nitrogens with zero attached hydrogens (tertiary/aromatic N) is 2. The lowest BCUT2D eigenvalue weighted by Crippen LogP contribution is -2.57. The lowest BCUT2D eigenvalue weighted by atomic mass is 9.99. The van der Waals surface area contributed by atoms with Crippen molar-refractivity contribution in [2.45, 2.75) is 32.2 Å². The number of anilines is 1. The number of thiocarbonyl (C=S) groups is 1. The Kier molecular flexibility index (Phi) is 5.34. The summed E-state index contributed by atoms with van der Waals surface area (Å²) < 4.78 is 40.1. The van der Waals surface area contributed by atoms with Crippen LogP contribution in [-0.4, -0.2) is 32.8 Å². The smallest absolute Gasteiger partial charge is 0.362 e. The van der Waals surface area contributed by atoms with Crippen LogP contribution in [0.4, 0.5) is 18.9 Å². The molecule has 0 amide bonds. The maximum absolute atomic E-state index is 13.4. The molecule has 24 heavy (non-hydrogen) atoms. The molecule has 4 nitrogen and oxygen atoms in total. The summed E-state index contributed by atoms with van der Waals surface area (Å²) in [6, 6.07) is 4.38. The van der Waals surface area contributed by atoms with Crippen LogP contribution in [0, 0.1) is 5.92 Å². The highest BCUT2D eigenvalue weighted by molar-refractivity contribution is 7.80. The number of aliphatic hydroxyl groups is 1. The third kappa shape index (κ3) is 3.61. The minimum absolute atomic E-state index is 0.174. The van der Waals surface area contributed by atoms with Crippen molar-refractivity contribution in [1.29, 1.82) is 0 Å². The first-order chi connectivity index (χ1) is 11.0. The topological polar surface area (TPSA) is 47.9 Å². The van der Waals surface area contributed by atoms with E-state index >= 15 is 0 Å². The van der Waals surface area contributed by atoms with Gasteiger partial charge in [-0.2, -0.15) is 23.3 Å². The fraction of sp³-hybridized carbons (Fsp3) is 0.429. The molecule has 0 saturated carbocycles. The summed E-state index contributed by atoms with van der Waals surface area (Å²) in [5.74, 6) is -0.272. The second kappa shape index (κ2) is 6.67. The van der Waals surface area contributed by atoms with Gasteiger partial charge in [-0.1, -0.05) is 37.0 Å². The first-order valence-corrected chi connectivity index (χ1v) is 8.05. The molecule has 2 N–H and O–H groups in total. The van der Waals surface area contributed by atoms with Gasteiger partial charge in [0.25, 0.3) is 5.72 Å². The Morgan fingerprint density at radius 2 is 2.04 bits per heavy atom. The molecule has 10 heteroatoms. The van der Waals surface area contributed by atoms with Crippen LogP contribution >= 0.6 is 35.4 Å². The van der Waals surface area contributed by atoms with E-state index in [-0.39, 0.29) is 22.3 Å². The van der Waals surface area contributed by atoms with Crippen molar-refractivity contribution in [1.82, 2.24) is 5.01 Å². The normalized spacial score (nSPS) is 21.2. The zero-order valence-electron chi connectivity index (χ0n) is 12.7. The minimum Gasteiger partial charge on any atom is -0.362 e.